The van der Waals surface area contributed by atoms with E-state index in [1.54, 1.807) is 12.1 Å². The molecule has 1 aromatic carbocycles. The number of hydrogen-bond donors (Lipinski definition) is 1. The first-order valence-electron chi connectivity index (χ1n) is 8.22. The summed E-state index contributed by atoms with van der Waals surface area (Å²) in [6, 6.07) is 5.38. The topological polar surface area (TPSA) is 88.8 Å². The Labute approximate surface area is 163 Å². The van der Waals surface area contributed by atoms with Gasteiger partial charge in [-0.05, 0) is 24.3 Å². The largest absolute Gasteiger partial charge is 0.466 e. The summed E-state index contributed by atoms with van der Waals surface area (Å²) in [6.45, 7) is 0.702. The van der Waals surface area contributed by atoms with Crippen LogP contribution in [0.2, 0.25) is 0 Å². The van der Waals surface area contributed by atoms with E-state index in [0.717, 1.165) is 12.1 Å². The van der Waals surface area contributed by atoms with Gasteiger partial charge in [-0.15, -0.1) is 11.8 Å². The van der Waals surface area contributed by atoms with E-state index in [-0.39, 0.29) is 17.3 Å². The van der Waals surface area contributed by atoms with Gasteiger partial charge < -0.3 is 19.4 Å². The first-order valence-corrected chi connectivity index (χ1v) is 9.27. The van der Waals surface area contributed by atoms with Crippen molar-refractivity contribution in [2.75, 3.05) is 17.7 Å². The molecule has 0 radical (unpaired) electrons. The van der Waals surface area contributed by atoms with Crippen molar-refractivity contribution in [2.24, 2.45) is 0 Å². The van der Waals surface area contributed by atoms with E-state index < -0.39 is 41.5 Å². The highest BCUT2D eigenvalue weighted by Gasteiger charge is 2.43. The fraction of sp³-hybridized carbons (Fsp3) is 0.278. The van der Waals surface area contributed by atoms with Crippen LogP contribution in [0.4, 0.5) is 14.5 Å². The molecule has 1 aliphatic rings. The van der Waals surface area contributed by atoms with Crippen molar-refractivity contribution < 1.29 is 32.3 Å². The number of halogens is 2. The third-order valence-corrected chi connectivity index (χ3v) is 5.25. The molecule has 1 aromatic heterocycles. The summed E-state index contributed by atoms with van der Waals surface area (Å²) < 4.78 is 36.4. The summed E-state index contributed by atoms with van der Waals surface area (Å²) >= 11 is 1.35. The Morgan fingerprint density at radius 1 is 1.29 bits per heavy atom. The van der Waals surface area contributed by atoms with Crippen molar-refractivity contribution in [3.63, 3.8) is 0 Å². The lowest BCUT2D eigenvalue weighted by Crippen LogP contribution is -2.43. The summed E-state index contributed by atoms with van der Waals surface area (Å²) in [6.07, 6.45) is 1.47. The lowest BCUT2D eigenvalue weighted by atomic mass is 10.2. The number of benzene rings is 1. The molecule has 7 nitrogen and oxygen atoms in total. The van der Waals surface area contributed by atoms with Gasteiger partial charge in [-0.1, -0.05) is 0 Å². The number of hydrogen-bond acceptors (Lipinski definition) is 6. The maximum Gasteiger partial charge on any atom is 0.330 e. The molecule has 1 N–H and O–H groups in total. The number of amides is 2. The van der Waals surface area contributed by atoms with Gasteiger partial charge in [0.2, 0.25) is 5.91 Å². The maximum absolute atomic E-state index is 13.2. The van der Waals surface area contributed by atoms with Crippen molar-refractivity contribution in [3.05, 3.63) is 54.0 Å². The molecule has 0 aliphatic carbocycles. The lowest BCUT2D eigenvalue weighted by Gasteiger charge is -2.25. The summed E-state index contributed by atoms with van der Waals surface area (Å²) in [7, 11) is 0. The van der Waals surface area contributed by atoms with Crippen LogP contribution in [-0.2, 0) is 19.1 Å². The first kappa shape index (κ1) is 19.9. The zero-order valence-electron chi connectivity index (χ0n) is 14.7. The molecule has 0 saturated carbocycles. The Morgan fingerprint density at radius 2 is 2.07 bits per heavy atom. The van der Waals surface area contributed by atoms with Gasteiger partial charge in [0.1, 0.15) is 17.2 Å². The van der Waals surface area contributed by atoms with E-state index in [1.165, 1.54) is 35.9 Å². The highest BCUT2D eigenvalue weighted by Crippen LogP contribution is 2.41. The molecular formula is C18H16F2N2O5S. The third kappa shape index (κ3) is 4.33. The van der Waals surface area contributed by atoms with E-state index in [2.05, 4.69) is 5.32 Å². The molecule has 2 heterocycles. The van der Waals surface area contributed by atoms with E-state index in [9.17, 15) is 23.2 Å². The van der Waals surface area contributed by atoms with Crippen LogP contribution in [0, 0.1) is 11.6 Å². The molecule has 3 rings (SSSR count). The summed E-state index contributed by atoms with van der Waals surface area (Å²) in [5.74, 6) is -3.13. The normalized spacial score (nSPS) is 18.8. The van der Waals surface area contributed by atoms with E-state index in [0.29, 0.717) is 5.76 Å². The maximum atomic E-state index is 13.2. The Balaban J connectivity index is 1.58. The summed E-state index contributed by atoms with van der Waals surface area (Å²) in [5.41, 5.74) is 0.0274. The van der Waals surface area contributed by atoms with Crippen LogP contribution in [0.15, 0.2) is 41.0 Å². The van der Waals surface area contributed by atoms with Gasteiger partial charge in [-0.3, -0.25) is 9.59 Å². The van der Waals surface area contributed by atoms with Gasteiger partial charge in [0, 0.05) is 24.4 Å². The smallest absolute Gasteiger partial charge is 0.330 e. The van der Waals surface area contributed by atoms with Crippen molar-refractivity contribution in [2.45, 2.75) is 18.3 Å². The van der Waals surface area contributed by atoms with Crippen molar-refractivity contribution in [3.8, 4) is 0 Å². The van der Waals surface area contributed by atoms with Crippen LogP contribution in [0.5, 0.6) is 0 Å². The monoisotopic (exact) mass is 410 g/mol. The fourth-order valence-electron chi connectivity index (χ4n) is 2.73. The number of rotatable bonds is 5. The molecule has 1 fully saturated rings. The predicted molar refractivity (Wildman–Crippen MR) is 96.2 cm³/mol. The van der Waals surface area contributed by atoms with Gasteiger partial charge in [0.05, 0.1) is 6.26 Å². The van der Waals surface area contributed by atoms with E-state index in [1.807, 2.05) is 0 Å². The number of anilines is 1. The van der Waals surface area contributed by atoms with Gasteiger partial charge in [-0.2, -0.15) is 0 Å². The molecule has 1 saturated heterocycles. The molecule has 0 bridgehead atoms. The molecule has 28 heavy (non-hydrogen) atoms. The zero-order chi connectivity index (χ0) is 20.3. The second-order valence-electron chi connectivity index (χ2n) is 5.93. The van der Waals surface area contributed by atoms with Crippen LogP contribution in [-0.4, -0.2) is 41.1 Å². The van der Waals surface area contributed by atoms with Gasteiger partial charge in [0.25, 0.3) is 5.91 Å². The Hall–Kier alpha value is -2.88. The van der Waals surface area contributed by atoms with Crippen molar-refractivity contribution in [1.29, 1.82) is 0 Å². The zero-order valence-corrected chi connectivity index (χ0v) is 15.5. The van der Waals surface area contributed by atoms with Gasteiger partial charge in [-0.25, -0.2) is 13.6 Å². The lowest BCUT2D eigenvalue weighted by molar-refractivity contribution is -0.155. The quantitative estimate of drug-likeness (QED) is 0.763. The SMILES string of the molecule is CC(=O)N1[C@@H](C(=O)OCC(=O)Nc2ccc(F)c(F)c2)CS[C@H]1c1ccco1. The minimum Gasteiger partial charge on any atom is -0.466 e. The van der Waals surface area contributed by atoms with Crippen LogP contribution in [0.25, 0.3) is 0 Å². The Morgan fingerprint density at radius 3 is 2.71 bits per heavy atom. The van der Waals surface area contributed by atoms with Crippen LogP contribution in [0.1, 0.15) is 18.1 Å². The predicted octanol–water partition coefficient (Wildman–Crippen LogP) is 2.70. The Kier molecular flexibility index (Phi) is 5.98. The number of furan rings is 1. The van der Waals surface area contributed by atoms with Crippen molar-refractivity contribution >= 4 is 35.2 Å². The molecule has 1 aliphatic heterocycles. The number of nitrogens with one attached hydrogen (secondary N) is 1. The number of ether oxygens (including phenoxy) is 1. The molecule has 0 unspecified atom stereocenters. The van der Waals surface area contributed by atoms with Gasteiger partial charge >= 0.3 is 5.97 Å². The number of thioether (sulfide) groups is 1. The highest BCUT2D eigenvalue weighted by atomic mass is 32.2. The minimum atomic E-state index is -1.11. The number of carbonyl (C=O) groups is 3. The number of esters is 1. The van der Waals surface area contributed by atoms with Crippen LogP contribution >= 0.6 is 11.8 Å². The number of carbonyl (C=O) groups excluding carboxylic acids is 3. The molecule has 10 heteroatoms. The van der Waals surface area contributed by atoms with E-state index >= 15 is 0 Å². The fourth-order valence-corrected chi connectivity index (χ4v) is 4.14. The first-order chi connectivity index (χ1) is 13.4. The molecular weight excluding hydrogens is 394 g/mol. The molecule has 2 amide bonds. The van der Waals surface area contributed by atoms with Crippen molar-refractivity contribution in [1.82, 2.24) is 4.90 Å². The van der Waals surface area contributed by atoms with Gasteiger partial charge in [0.15, 0.2) is 18.2 Å². The summed E-state index contributed by atoms with van der Waals surface area (Å²) in [4.78, 5) is 37.6. The molecule has 2 atom stereocenters. The average molecular weight is 410 g/mol. The minimum absolute atomic E-state index is 0.0274. The third-order valence-electron chi connectivity index (χ3n) is 3.97. The second-order valence-corrected chi connectivity index (χ2v) is 7.04. The number of nitrogens with zero attached hydrogens (tertiary/aromatic N) is 1. The molecule has 148 valence electrons. The highest BCUT2D eigenvalue weighted by molar-refractivity contribution is 7.99. The van der Waals surface area contributed by atoms with Crippen LogP contribution < -0.4 is 5.32 Å². The Bertz CT molecular complexity index is 890. The van der Waals surface area contributed by atoms with Crippen LogP contribution in [0.3, 0.4) is 0 Å². The standard InChI is InChI=1S/C18H16F2N2O5S/c1-10(23)22-14(9-28-17(22)15-3-2-6-26-15)18(25)27-8-16(24)21-11-4-5-12(19)13(20)7-11/h2-7,14,17H,8-9H2,1H3,(H,21,24)/t14-,17+/m1/s1. The summed E-state index contributed by atoms with van der Waals surface area (Å²) in [5, 5.41) is 1.84. The molecule has 2 aromatic rings. The molecule has 0 spiro atoms. The second kappa shape index (κ2) is 8.42. The van der Waals surface area contributed by atoms with E-state index in [4.69, 9.17) is 9.15 Å². The average Bonchev–Trinajstić information content (AvgIpc) is 3.31.